The standard InChI is InChI=1S/C28H22N4O2/c1-2-16-26(34-28(23-13-5-9-19-31-23)24-14-6-10-20-32-24)25(15-1)33-27(21-11-3-7-17-29-21)22-12-4-8-18-30-22/h1-20,27-28H. The number of benzene rings is 1. The zero-order chi connectivity index (χ0) is 23.0. The van der Waals surface area contributed by atoms with Crippen molar-refractivity contribution in [3.05, 3.63) is 145 Å². The lowest BCUT2D eigenvalue weighted by atomic mass is 10.1. The average Bonchev–Trinajstić information content (AvgIpc) is 2.93. The molecule has 0 N–H and O–H groups in total. The van der Waals surface area contributed by atoms with Gasteiger partial charge in [0.1, 0.15) is 0 Å². The van der Waals surface area contributed by atoms with E-state index >= 15 is 0 Å². The molecule has 0 saturated heterocycles. The van der Waals surface area contributed by atoms with Gasteiger partial charge >= 0.3 is 0 Å². The molecule has 6 nitrogen and oxygen atoms in total. The zero-order valence-corrected chi connectivity index (χ0v) is 18.3. The van der Waals surface area contributed by atoms with E-state index in [1.165, 1.54) is 0 Å². The highest BCUT2D eigenvalue weighted by Crippen LogP contribution is 2.36. The minimum absolute atomic E-state index is 0.504. The molecule has 5 rings (SSSR count). The summed E-state index contributed by atoms with van der Waals surface area (Å²) in [6.45, 7) is 0. The van der Waals surface area contributed by atoms with E-state index < -0.39 is 12.2 Å². The normalized spacial score (nSPS) is 10.9. The highest BCUT2D eigenvalue weighted by Gasteiger charge is 2.24. The number of ether oxygens (including phenoxy) is 2. The average molecular weight is 447 g/mol. The molecule has 5 aromatic rings. The molecule has 4 aromatic heterocycles. The van der Waals surface area contributed by atoms with Crippen LogP contribution in [-0.4, -0.2) is 19.9 Å². The van der Waals surface area contributed by atoms with Crippen molar-refractivity contribution >= 4 is 0 Å². The molecule has 6 heteroatoms. The van der Waals surface area contributed by atoms with Gasteiger partial charge in [-0.25, -0.2) is 0 Å². The maximum absolute atomic E-state index is 6.50. The number of nitrogens with zero attached hydrogens (tertiary/aromatic N) is 4. The van der Waals surface area contributed by atoms with Crippen LogP contribution in [0.4, 0.5) is 0 Å². The third-order valence-corrected chi connectivity index (χ3v) is 5.16. The number of hydrogen-bond donors (Lipinski definition) is 0. The van der Waals surface area contributed by atoms with Gasteiger partial charge in [0, 0.05) is 24.8 Å². The monoisotopic (exact) mass is 446 g/mol. The maximum atomic E-state index is 6.50. The fourth-order valence-electron chi connectivity index (χ4n) is 3.57. The van der Waals surface area contributed by atoms with Gasteiger partial charge in [-0.15, -0.1) is 0 Å². The number of pyridine rings is 4. The Morgan fingerprint density at radius 1 is 0.382 bits per heavy atom. The van der Waals surface area contributed by atoms with E-state index in [1.807, 2.05) is 97.1 Å². The molecule has 0 bridgehead atoms. The molecule has 0 unspecified atom stereocenters. The molecule has 0 aliphatic carbocycles. The third-order valence-electron chi connectivity index (χ3n) is 5.16. The van der Waals surface area contributed by atoms with E-state index in [1.54, 1.807) is 24.8 Å². The van der Waals surface area contributed by atoms with Crippen LogP contribution in [0.2, 0.25) is 0 Å². The minimum Gasteiger partial charge on any atom is -0.474 e. The number of hydrogen-bond acceptors (Lipinski definition) is 6. The summed E-state index contributed by atoms with van der Waals surface area (Å²) in [5.74, 6) is 1.14. The van der Waals surface area contributed by atoms with Crippen LogP contribution in [-0.2, 0) is 0 Å². The van der Waals surface area contributed by atoms with Crippen LogP contribution in [0.5, 0.6) is 11.5 Å². The first-order valence-corrected chi connectivity index (χ1v) is 10.9. The smallest absolute Gasteiger partial charge is 0.182 e. The third kappa shape index (κ3) is 4.91. The van der Waals surface area contributed by atoms with Crippen LogP contribution in [0, 0.1) is 0 Å². The highest BCUT2D eigenvalue weighted by molar-refractivity contribution is 5.42. The van der Waals surface area contributed by atoms with Gasteiger partial charge in [-0.3, -0.25) is 19.9 Å². The zero-order valence-electron chi connectivity index (χ0n) is 18.3. The lowest BCUT2D eigenvalue weighted by molar-refractivity contribution is 0.194. The van der Waals surface area contributed by atoms with E-state index in [2.05, 4.69) is 19.9 Å². The molecule has 34 heavy (non-hydrogen) atoms. The Morgan fingerprint density at radius 2 is 0.676 bits per heavy atom. The Morgan fingerprint density at radius 3 is 0.941 bits per heavy atom. The summed E-state index contributed by atoms with van der Waals surface area (Å²) in [4.78, 5) is 18.0. The SMILES string of the molecule is c1ccc(C(Oc2ccccc2OC(c2ccccn2)c2ccccn2)c2ccccn2)nc1. The van der Waals surface area contributed by atoms with E-state index in [4.69, 9.17) is 9.47 Å². The molecule has 0 aliphatic heterocycles. The Kier molecular flexibility index (Phi) is 6.48. The van der Waals surface area contributed by atoms with Crippen LogP contribution in [0.15, 0.2) is 122 Å². The summed E-state index contributed by atoms with van der Waals surface area (Å²) in [7, 11) is 0. The van der Waals surface area contributed by atoms with Crippen molar-refractivity contribution in [2.24, 2.45) is 0 Å². The molecule has 0 fully saturated rings. The summed E-state index contributed by atoms with van der Waals surface area (Å²) < 4.78 is 13.0. The van der Waals surface area contributed by atoms with E-state index in [-0.39, 0.29) is 0 Å². The molecule has 0 amide bonds. The molecule has 0 saturated carbocycles. The molecule has 1 aromatic carbocycles. The number of para-hydroxylation sites is 2. The van der Waals surface area contributed by atoms with E-state index in [0.29, 0.717) is 11.5 Å². The van der Waals surface area contributed by atoms with Gasteiger partial charge < -0.3 is 9.47 Å². The molecule has 166 valence electrons. The predicted molar refractivity (Wildman–Crippen MR) is 128 cm³/mol. The lowest BCUT2D eigenvalue weighted by Crippen LogP contribution is -2.15. The van der Waals surface area contributed by atoms with Crippen LogP contribution < -0.4 is 9.47 Å². The highest BCUT2D eigenvalue weighted by atomic mass is 16.5. The molecular weight excluding hydrogens is 424 g/mol. The number of aromatic nitrogens is 4. The first kappa shape index (κ1) is 21.3. The van der Waals surface area contributed by atoms with Crippen molar-refractivity contribution in [3.8, 4) is 11.5 Å². The molecular formula is C28H22N4O2. The fourth-order valence-corrected chi connectivity index (χ4v) is 3.57. The summed E-state index contributed by atoms with van der Waals surface area (Å²) in [5, 5.41) is 0. The number of rotatable bonds is 8. The van der Waals surface area contributed by atoms with Gasteiger partial charge in [0.15, 0.2) is 23.7 Å². The van der Waals surface area contributed by atoms with E-state index in [0.717, 1.165) is 22.8 Å². The first-order chi connectivity index (χ1) is 16.9. The summed E-state index contributed by atoms with van der Waals surface area (Å²) in [6.07, 6.45) is 5.97. The second-order valence-electron chi connectivity index (χ2n) is 7.46. The Labute approximate surface area is 197 Å². The summed E-state index contributed by atoms with van der Waals surface area (Å²) in [5.41, 5.74) is 3.01. The van der Waals surface area contributed by atoms with Gasteiger partial charge in [0.25, 0.3) is 0 Å². The minimum atomic E-state index is -0.504. The molecule has 0 radical (unpaired) electrons. The van der Waals surface area contributed by atoms with Crippen LogP contribution >= 0.6 is 0 Å². The van der Waals surface area contributed by atoms with Gasteiger partial charge in [-0.2, -0.15) is 0 Å². The largest absolute Gasteiger partial charge is 0.474 e. The van der Waals surface area contributed by atoms with Crippen molar-refractivity contribution in [1.29, 1.82) is 0 Å². The Bertz CT molecular complexity index is 1120. The summed E-state index contributed by atoms with van der Waals surface area (Å²) in [6, 6.07) is 30.5. The van der Waals surface area contributed by atoms with Crippen molar-refractivity contribution in [2.75, 3.05) is 0 Å². The molecule has 0 aliphatic rings. The van der Waals surface area contributed by atoms with Crippen LogP contribution in [0.1, 0.15) is 35.0 Å². The van der Waals surface area contributed by atoms with Gasteiger partial charge in [0.05, 0.1) is 22.8 Å². The van der Waals surface area contributed by atoms with Gasteiger partial charge in [-0.1, -0.05) is 36.4 Å². The van der Waals surface area contributed by atoms with Crippen molar-refractivity contribution < 1.29 is 9.47 Å². The lowest BCUT2D eigenvalue weighted by Gasteiger charge is -2.23. The second kappa shape index (κ2) is 10.4. The molecule has 0 atom stereocenters. The maximum Gasteiger partial charge on any atom is 0.182 e. The van der Waals surface area contributed by atoms with Crippen molar-refractivity contribution in [1.82, 2.24) is 19.9 Å². The predicted octanol–water partition coefficient (Wildman–Crippen LogP) is 5.60. The topological polar surface area (TPSA) is 70.0 Å². The quantitative estimate of drug-likeness (QED) is 0.309. The fraction of sp³-hybridized carbons (Fsp3) is 0.0714. The first-order valence-electron chi connectivity index (χ1n) is 10.9. The van der Waals surface area contributed by atoms with Crippen LogP contribution in [0.25, 0.3) is 0 Å². The van der Waals surface area contributed by atoms with Gasteiger partial charge in [0.2, 0.25) is 0 Å². The van der Waals surface area contributed by atoms with Gasteiger partial charge in [-0.05, 0) is 60.7 Å². The van der Waals surface area contributed by atoms with Crippen molar-refractivity contribution in [2.45, 2.75) is 12.2 Å². The summed E-state index contributed by atoms with van der Waals surface area (Å²) >= 11 is 0. The van der Waals surface area contributed by atoms with Crippen molar-refractivity contribution in [3.63, 3.8) is 0 Å². The molecule has 0 spiro atoms. The van der Waals surface area contributed by atoms with E-state index in [9.17, 15) is 0 Å². The Hall–Kier alpha value is -4.58. The second-order valence-corrected chi connectivity index (χ2v) is 7.46. The Balaban J connectivity index is 1.51. The van der Waals surface area contributed by atoms with Crippen LogP contribution in [0.3, 0.4) is 0 Å². The molecule has 4 heterocycles.